The number of rotatable bonds is 6. The van der Waals surface area contributed by atoms with Crippen LogP contribution < -0.4 is 10.1 Å². The van der Waals surface area contributed by atoms with E-state index in [1.54, 1.807) is 6.07 Å². The Morgan fingerprint density at radius 3 is 2.80 bits per heavy atom. The molecule has 1 heterocycles. The second kappa shape index (κ2) is 7.07. The van der Waals surface area contributed by atoms with Crippen LogP contribution >= 0.6 is 0 Å². The Bertz CT molecular complexity index is 445. The molecule has 0 unspecified atom stereocenters. The van der Waals surface area contributed by atoms with E-state index in [-0.39, 0.29) is 12.0 Å². The normalized spacial score (nSPS) is 22.2. The number of hydrogen-bond acceptors (Lipinski definition) is 5. The summed E-state index contributed by atoms with van der Waals surface area (Å²) in [7, 11) is 0. The average Bonchev–Trinajstić information content (AvgIpc) is 2.46. The van der Waals surface area contributed by atoms with Crippen molar-refractivity contribution in [1.29, 1.82) is 0 Å². The molecule has 6 heteroatoms. The molecular weight excluding hydrogens is 258 g/mol. The van der Waals surface area contributed by atoms with Gasteiger partial charge in [-0.1, -0.05) is 6.92 Å². The van der Waals surface area contributed by atoms with Crippen LogP contribution in [-0.2, 0) is 4.79 Å². The molecule has 0 bridgehead atoms. The maximum atomic E-state index is 10.9. The van der Waals surface area contributed by atoms with E-state index in [0.717, 1.165) is 37.9 Å². The Balaban J connectivity index is 1.86. The van der Waals surface area contributed by atoms with Crippen molar-refractivity contribution in [2.45, 2.75) is 45.1 Å². The zero-order chi connectivity index (χ0) is 14.4. The summed E-state index contributed by atoms with van der Waals surface area (Å²) in [5.74, 6) is 0.441. The fourth-order valence-electron chi connectivity index (χ4n) is 2.40. The van der Waals surface area contributed by atoms with Gasteiger partial charge < -0.3 is 15.2 Å². The van der Waals surface area contributed by atoms with Gasteiger partial charge in [-0.05, 0) is 32.1 Å². The number of anilines is 1. The lowest BCUT2D eigenvalue weighted by molar-refractivity contribution is -0.142. The van der Waals surface area contributed by atoms with Gasteiger partial charge in [-0.2, -0.15) is 0 Å². The number of carboxylic acids is 1. The number of nitrogens with zero attached hydrogens (tertiary/aromatic N) is 2. The minimum Gasteiger partial charge on any atom is -0.481 e. The van der Waals surface area contributed by atoms with Crippen molar-refractivity contribution in [2.24, 2.45) is 5.92 Å². The molecule has 1 aliphatic carbocycles. The average molecular weight is 279 g/mol. The predicted molar refractivity (Wildman–Crippen MR) is 74.8 cm³/mol. The van der Waals surface area contributed by atoms with Crippen LogP contribution in [-0.4, -0.2) is 33.7 Å². The fraction of sp³-hybridized carbons (Fsp3) is 0.643. The molecule has 110 valence electrons. The third kappa shape index (κ3) is 4.08. The van der Waals surface area contributed by atoms with Crippen molar-refractivity contribution in [1.82, 2.24) is 9.97 Å². The van der Waals surface area contributed by atoms with Crippen molar-refractivity contribution < 1.29 is 14.6 Å². The van der Waals surface area contributed by atoms with Crippen LogP contribution in [0.2, 0.25) is 0 Å². The van der Waals surface area contributed by atoms with Crippen molar-refractivity contribution in [3.8, 4) is 5.88 Å². The van der Waals surface area contributed by atoms with E-state index >= 15 is 0 Å². The Labute approximate surface area is 118 Å². The maximum Gasteiger partial charge on any atom is 0.306 e. The lowest BCUT2D eigenvalue weighted by Gasteiger charge is -2.27. The highest BCUT2D eigenvalue weighted by Crippen LogP contribution is 2.26. The van der Waals surface area contributed by atoms with Crippen molar-refractivity contribution in [3.63, 3.8) is 0 Å². The van der Waals surface area contributed by atoms with Gasteiger partial charge in [0.25, 0.3) is 0 Å². The predicted octanol–water partition coefficient (Wildman–Crippen LogP) is 2.32. The summed E-state index contributed by atoms with van der Waals surface area (Å²) in [5, 5.41) is 12.3. The standard InChI is InChI=1S/C14H21N3O3/c1-2-7-20-13-8-12(15-9-16-13)17-11-5-3-10(4-6-11)14(18)19/h8-11H,2-7H2,1H3,(H,18,19)(H,15,16,17). The molecule has 6 nitrogen and oxygen atoms in total. The molecule has 1 aliphatic rings. The highest BCUT2D eigenvalue weighted by atomic mass is 16.5. The number of hydrogen-bond donors (Lipinski definition) is 2. The van der Waals surface area contributed by atoms with Crippen LogP contribution in [0.15, 0.2) is 12.4 Å². The van der Waals surface area contributed by atoms with Gasteiger partial charge in [0.1, 0.15) is 12.1 Å². The minimum absolute atomic E-state index is 0.193. The highest BCUT2D eigenvalue weighted by Gasteiger charge is 2.25. The Hall–Kier alpha value is -1.85. The molecule has 2 N–H and O–H groups in total. The van der Waals surface area contributed by atoms with E-state index in [0.29, 0.717) is 12.5 Å². The van der Waals surface area contributed by atoms with Crippen molar-refractivity contribution >= 4 is 11.8 Å². The summed E-state index contributed by atoms with van der Waals surface area (Å²) in [4.78, 5) is 19.1. The first-order chi connectivity index (χ1) is 9.69. The van der Waals surface area contributed by atoms with Crippen molar-refractivity contribution in [3.05, 3.63) is 12.4 Å². The van der Waals surface area contributed by atoms with E-state index in [1.165, 1.54) is 6.33 Å². The number of carboxylic acid groups (broad SMARTS) is 1. The van der Waals surface area contributed by atoms with Gasteiger partial charge in [0.2, 0.25) is 5.88 Å². The molecule has 0 atom stereocenters. The highest BCUT2D eigenvalue weighted by molar-refractivity contribution is 5.70. The van der Waals surface area contributed by atoms with Gasteiger partial charge in [-0.15, -0.1) is 0 Å². The van der Waals surface area contributed by atoms with Gasteiger partial charge in [0, 0.05) is 12.1 Å². The van der Waals surface area contributed by atoms with E-state index in [9.17, 15) is 4.79 Å². The van der Waals surface area contributed by atoms with E-state index < -0.39 is 5.97 Å². The van der Waals surface area contributed by atoms with Gasteiger partial charge in [-0.3, -0.25) is 4.79 Å². The molecule has 0 aromatic carbocycles. The summed E-state index contributed by atoms with van der Waals surface area (Å²) in [6, 6.07) is 2.07. The smallest absolute Gasteiger partial charge is 0.306 e. The summed E-state index contributed by atoms with van der Waals surface area (Å²) in [6.45, 7) is 2.68. The first-order valence-corrected chi connectivity index (χ1v) is 7.13. The van der Waals surface area contributed by atoms with Gasteiger partial charge in [-0.25, -0.2) is 9.97 Å². The molecule has 1 fully saturated rings. The minimum atomic E-state index is -0.680. The number of aromatic nitrogens is 2. The van der Waals surface area contributed by atoms with E-state index in [2.05, 4.69) is 15.3 Å². The monoisotopic (exact) mass is 279 g/mol. The summed E-state index contributed by atoms with van der Waals surface area (Å²) >= 11 is 0. The van der Waals surface area contributed by atoms with Crippen LogP contribution in [0.5, 0.6) is 5.88 Å². The lowest BCUT2D eigenvalue weighted by Crippen LogP contribution is -2.29. The first-order valence-electron chi connectivity index (χ1n) is 7.13. The van der Waals surface area contributed by atoms with Crippen LogP contribution in [0.3, 0.4) is 0 Å². The molecule has 0 radical (unpaired) electrons. The number of nitrogens with one attached hydrogen (secondary N) is 1. The molecule has 0 spiro atoms. The number of carbonyl (C=O) groups is 1. The summed E-state index contributed by atoms with van der Waals surface area (Å²) < 4.78 is 5.46. The van der Waals surface area contributed by atoms with Gasteiger partial charge in [0.15, 0.2) is 0 Å². The van der Waals surface area contributed by atoms with Crippen LogP contribution in [0.4, 0.5) is 5.82 Å². The lowest BCUT2D eigenvalue weighted by atomic mass is 9.86. The molecule has 1 saturated carbocycles. The second-order valence-electron chi connectivity index (χ2n) is 5.12. The molecule has 1 aromatic rings. The van der Waals surface area contributed by atoms with Crippen LogP contribution in [0.25, 0.3) is 0 Å². The molecular formula is C14H21N3O3. The maximum absolute atomic E-state index is 10.9. The van der Waals surface area contributed by atoms with Gasteiger partial charge >= 0.3 is 5.97 Å². The Morgan fingerprint density at radius 2 is 2.15 bits per heavy atom. The zero-order valence-electron chi connectivity index (χ0n) is 11.7. The third-order valence-corrected chi connectivity index (χ3v) is 3.52. The molecule has 0 saturated heterocycles. The molecule has 0 amide bonds. The summed E-state index contributed by atoms with van der Waals surface area (Å²) in [6.07, 6.45) is 5.56. The molecule has 20 heavy (non-hydrogen) atoms. The van der Waals surface area contributed by atoms with Crippen LogP contribution in [0, 0.1) is 5.92 Å². The Morgan fingerprint density at radius 1 is 1.40 bits per heavy atom. The quantitative estimate of drug-likeness (QED) is 0.831. The van der Waals surface area contributed by atoms with Gasteiger partial charge in [0.05, 0.1) is 12.5 Å². The second-order valence-corrected chi connectivity index (χ2v) is 5.12. The molecule has 1 aromatic heterocycles. The fourth-order valence-corrected chi connectivity index (χ4v) is 2.40. The van der Waals surface area contributed by atoms with E-state index in [1.807, 2.05) is 6.92 Å². The molecule has 2 rings (SSSR count). The molecule has 0 aliphatic heterocycles. The van der Waals surface area contributed by atoms with E-state index in [4.69, 9.17) is 9.84 Å². The largest absolute Gasteiger partial charge is 0.481 e. The first kappa shape index (κ1) is 14.6. The topological polar surface area (TPSA) is 84.3 Å². The Kier molecular flexibility index (Phi) is 5.15. The summed E-state index contributed by atoms with van der Waals surface area (Å²) in [5.41, 5.74) is 0. The third-order valence-electron chi connectivity index (χ3n) is 3.52. The number of ether oxygens (including phenoxy) is 1. The number of aliphatic carboxylic acids is 1. The van der Waals surface area contributed by atoms with Crippen molar-refractivity contribution in [2.75, 3.05) is 11.9 Å². The van der Waals surface area contributed by atoms with Crippen LogP contribution in [0.1, 0.15) is 39.0 Å². The zero-order valence-corrected chi connectivity index (χ0v) is 11.7. The SMILES string of the molecule is CCCOc1cc(NC2CCC(C(=O)O)CC2)ncn1.